The summed E-state index contributed by atoms with van der Waals surface area (Å²) in [5, 5.41) is 0. The molecule has 1 aliphatic heterocycles. The van der Waals surface area contributed by atoms with Crippen molar-refractivity contribution < 1.29 is 9.53 Å². The van der Waals surface area contributed by atoms with E-state index in [4.69, 9.17) is 4.74 Å². The van der Waals surface area contributed by atoms with Crippen molar-refractivity contribution in [2.24, 2.45) is 11.3 Å². The Morgan fingerprint density at radius 1 is 1.20 bits per heavy atom. The second-order valence-corrected chi connectivity index (χ2v) is 6.09. The zero-order valence-corrected chi connectivity index (χ0v) is 10.1. The first-order chi connectivity index (χ1) is 6.98. The number of ether oxygens (including phenoxy) is 1. The van der Waals surface area contributed by atoms with Crippen LogP contribution in [0.15, 0.2) is 0 Å². The molecule has 0 amide bonds. The fraction of sp³-hybridized carbons (Fsp3) is 0.923. The van der Waals surface area contributed by atoms with Crippen LogP contribution in [0.4, 0.5) is 0 Å². The topological polar surface area (TPSA) is 26.3 Å². The molecular weight excluding hydrogens is 188 g/mol. The first-order valence-corrected chi connectivity index (χ1v) is 6.16. The molecule has 3 atom stereocenters. The largest absolute Gasteiger partial charge is 0.373 e. The molecule has 1 aliphatic carbocycles. The summed E-state index contributed by atoms with van der Waals surface area (Å²) in [6, 6.07) is 0. The Labute approximate surface area is 92.4 Å². The SMILES string of the molecule is CC(C)(C)[C@@H]1CC(=O)[C@H]2CCCC[C@H]2O1. The van der Waals surface area contributed by atoms with Crippen LogP contribution in [0.1, 0.15) is 52.9 Å². The van der Waals surface area contributed by atoms with Gasteiger partial charge in [0.05, 0.1) is 12.2 Å². The molecule has 2 nitrogen and oxygen atoms in total. The van der Waals surface area contributed by atoms with E-state index >= 15 is 0 Å². The smallest absolute Gasteiger partial charge is 0.141 e. The van der Waals surface area contributed by atoms with Crippen LogP contribution in [-0.4, -0.2) is 18.0 Å². The van der Waals surface area contributed by atoms with Crippen molar-refractivity contribution in [1.82, 2.24) is 0 Å². The molecule has 0 radical (unpaired) electrons. The van der Waals surface area contributed by atoms with E-state index in [0.29, 0.717) is 12.2 Å². The van der Waals surface area contributed by atoms with Gasteiger partial charge in [-0.05, 0) is 18.3 Å². The molecule has 0 aromatic rings. The Morgan fingerprint density at radius 3 is 2.53 bits per heavy atom. The molecule has 2 rings (SSSR count). The number of hydrogen-bond donors (Lipinski definition) is 0. The number of carbonyl (C=O) groups is 1. The molecule has 1 saturated heterocycles. The van der Waals surface area contributed by atoms with Crippen LogP contribution in [0.2, 0.25) is 0 Å². The number of carbonyl (C=O) groups excluding carboxylic acids is 1. The summed E-state index contributed by atoms with van der Waals surface area (Å²) in [6.45, 7) is 6.48. The van der Waals surface area contributed by atoms with Gasteiger partial charge in [0.2, 0.25) is 0 Å². The van der Waals surface area contributed by atoms with Crippen LogP contribution >= 0.6 is 0 Å². The van der Waals surface area contributed by atoms with E-state index in [1.54, 1.807) is 0 Å². The van der Waals surface area contributed by atoms with E-state index in [9.17, 15) is 4.79 Å². The van der Waals surface area contributed by atoms with Gasteiger partial charge in [0.15, 0.2) is 0 Å². The van der Waals surface area contributed by atoms with Crippen LogP contribution in [-0.2, 0) is 9.53 Å². The second kappa shape index (κ2) is 3.89. The number of hydrogen-bond acceptors (Lipinski definition) is 2. The monoisotopic (exact) mass is 210 g/mol. The third-order valence-electron chi connectivity index (χ3n) is 3.81. The van der Waals surface area contributed by atoms with E-state index in [0.717, 1.165) is 12.8 Å². The lowest BCUT2D eigenvalue weighted by molar-refractivity contribution is -0.162. The molecule has 1 saturated carbocycles. The highest BCUT2D eigenvalue weighted by molar-refractivity contribution is 5.82. The average molecular weight is 210 g/mol. The van der Waals surface area contributed by atoms with Gasteiger partial charge in [-0.1, -0.05) is 33.6 Å². The van der Waals surface area contributed by atoms with Gasteiger partial charge >= 0.3 is 0 Å². The number of ketones is 1. The zero-order valence-electron chi connectivity index (χ0n) is 10.1. The van der Waals surface area contributed by atoms with Gasteiger partial charge in [-0.2, -0.15) is 0 Å². The highest BCUT2D eigenvalue weighted by Gasteiger charge is 2.42. The molecule has 0 N–H and O–H groups in total. The summed E-state index contributed by atoms with van der Waals surface area (Å²) in [7, 11) is 0. The van der Waals surface area contributed by atoms with Gasteiger partial charge in [-0.3, -0.25) is 4.79 Å². The van der Waals surface area contributed by atoms with Gasteiger partial charge in [-0.15, -0.1) is 0 Å². The first-order valence-electron chi connectivity index (χ1n) is 6.16. The van der Waals surface area contributed by atoms with Gasteiger partial charge < -0.3 is 4.74 Å². The molecular formula is C13H22O2. The molecule has 15 heavy (non-hydrogen) atoms. The maximum atomic E-state index is 12.0. The molecule has 2 aliphatic rings. The first kappa shape index (κ1) is 11.1. The average Bonchev–Trinajstić information content (AvgIpc) is 2.16. The van der Waals surface area contributed by atoms with Crippen molar-refractivity contribution in [3.05, 3.63) is 0 Å². The Morgan fingerprint density at radius 2 is 1.87 bits per heavy atom. The third-order valence-corrected chi connectivity index (χ3v) is 3.81. The van der Waals surface area contributed by atoms with Crippen LogP contribution in [0.5, 0.6) is 0 Å². The lowest BCUT2D eigenvalue weighted by atomic mass is 9.75. The Balaban J connectivity index is 2.08. The maximum Gasteiger partial charge on any atom is 0.141 e. The van der Waals surface area contributed by atoms with Crippen molar-refractivity contribution >= 4 is 5.78 Å². The van der Waals surface area contributed by atoms with Crippen molar-refractivity contribution in [2.75, 3.05) is 0 Å². The highest BCUT2D eigenvalue weighted by Crippen LogP contribution is 2.38. The molecule has 0 spiro atoms. The fourth-order valence-corrected chi connectivity index (χ4v) is 2.73. The minimum absolute atomic E-state index is 0.0953. The zero-order chi connectivity index (χ0) is 11.1. The minimum Gasteiger partial charge on any atom is -0.373 e. The van der Waals surface area contributed by atoms with Crippen molar-refractivity contribution in [3.8, 4) is 0 Å². The molecule has 2 heteroatoms. The van der Waals surface area contributed by atoms with E-state index < -0.39 is 0 Å². The standard InChI is InChI=1S/C13H22O2/c1-13(2,3)12-8-10(14)9-6-4-5-7-11(9)15-12/h9,11-12H,4-8H2,1-3H3/t9-,11-,12+/m1/s1. The summed E-state index contributed by atoms with van der Waals surface area (Å²) in [4.78, 5) is 12.0. The summed E-state index contributed by atoms with van der Waals surface area (Å²) in [6.07, 6.45) is 5.56. The Bertz CT molecular complexity index is 252. The second-order valence-electron chi connectivity index (χ2n) is 6.09. The molecule has 0 aromatic carbocycles. The highest BCUT2D eigenvalue weighted by atomic mass is 16.5. The predicted molar refractivity (Wildman–Crippen MR) is 59.7 cm³/mol. The quantitative estimate of drug-likeness (QED) is 0.614. The lowest BCUT2D eigenvalue weighted by Crippen LogP contribution is -2.47. The Hall–Kier alpha value is -0.370. The van der Waals surface area contributed by atoms with Crippen molar-refractivity contribution in [1.29, 1.82) is 0 Å². The van der Waals surface area contributed by atoms with E-state index in [2.05, 4.69) is 20.8 Å². The molecule has 86 valence electrons. The predicted octanol–water partition coefficient (Wildman–Crippen LogP) is 2.95. The molecule has 0 bridgehead atoms. The summed E-state index contributed by atoms with van der Waals surface area (Å²) in [5.41, 5.74) is 0.0953. The summed E-state index contributed by atoms with van der Waals surface area (Å²) < 4.78 is 6.10. The minimum atomic E-state index is 0.0953. The molecule has 2 fully saturated rings. The van der Waals surface area contributed by atoms with Crippen molar-refractivity contribution in [3.63, 3.8) is 0 Å². The van der Waals surface area contributed by atoms with Gasteiger partial charge in [0.1, 0.15) is 5.78 Å². The third kappa shape index (κ3) is 2.25. The molecule has 0 unspecified atom stereocenters. The van der Waals surface area contributed by atoms with Gasteiger partial charge in [-0.25, -0.2) is 0 Å². The van der Waals surface area contributed by atoms with Crippen LogP contribution in [0, 0.1) is 11.3 Å². The van der Waals surface area contributed by atoms with Crippen LogP contribution < -0.4 is 0 Å². The van der Waals surface area contributed by atoms with Gasteiger partial charge in [0, 0.05) is 12.3 Å². The van der Waals surface area contributed by atoms with E-state index in [-0.39, 0.29) is 23.5 Å². The molecule has 1 heterocycles. The maximum absolute atomic E-state index is 12.0. The lowest BCUT2D eigenvalue weighted by Gasteiger charge is -2.43. The number of rotatable bonds is 0. The summed E-state index contributed by atoms with van der Waals surface area (Å²) >= 11 is 0. The Kier molecular flexibility index (Phi) is 2.89. The van der Waals surface area contributed by atoms with Crippen LogP contribution in [0.25, 0.3) is 0 Å². The van der Waals surface area contributed by atoms with Gasteiger partial charge in [0.25, 0.3) is 0 Å². The van der Waals surface area contributed by atoms with E-state index in [1.165, 1.54) is 12.8 Å². The van der Waals surface area contributed by atoms with Crippen LogP contribution in [0.3, 0.4) is 0 Å². The normalized spacial score (nSPS) is 37.5. The fourth-order valence-electron chi connectivity index (χ4n) is 2.73. The number of fused-ring (bicyclic) bond motifs is 1. The number of Topliss-reactive ketones (excluding diaryl/α,β-unsaturated/α-hetero) is 1. The summed E-state index contributed by atoms with van der Waals surface area (Å²) in [5.74, 6) is 0.670. The molecule has 0 aromatic heterocycles. The van der Waals surface area contributed by atoms with E-state index in [1.807, 2.05) is 0 Å². The van der Waals surface area contributed by atoms with Crippen molar-refractivity contribution in [2.45, 2.75) is 65.1 Å².